The SMILES string of the molecule is COCCCn1c(SCC(=O)NCCC2=CCCCC2)nc2cc(Cl)ccc2c1=O. The zero-order valence-electron chi connectivity index (χ0n) is 17.3. The minimum absolute atomic E-state index is 0.0553. The number of nitrogens with one attached hydrogen (secondary N) is 1. The molecule has 30 heavy (non-hydrogen) atoms. The lowest BCUT2D eigenvalue weighted by atomic mass is 9.97. The molecule has 2 aromatic rings. The summed E-state index contributed by atoms with van der Waals surface area (Å²) >= 11 is 7.35. The summed E-state index contributed by atoms with van der Waals surface area (Å²) in [6.45, 7) is 1.68. The second kappa shape index (κ2) is 11.5. The van der Waals surface area contributed by atoms with E-state index in [0.29, 0.717) is 47.2 Å². The molecule has 6 nitrogen and oxygen atoms in total. The van der Waals surface area contributed by atoms with E-state index in [4.69, 9.17) is 16.3 Å². The molecule has 1 amide bonds. The van der Waals surface area contributed by atoms with Crippen LogP contribution in [0.5, 0.6) is 0 Å². The third kappa shape index (κ3) is 6.33. The Morgan fingerprint density at radius 3 is 3.00 bits per heavy atom. The average Bonchev–Trinajstić information content (AvgIpc) is 2.74. The van der Waals surface area contributed by atoms with Crippen molar-refractivity contribution in [2.45, 2.75) is 50.2 Å². The van der Waals surface area contributed by atoms with Crippen LogP contribution in [0, 0.1) is 0 Å². The van der Waals surface area contributed by atoms with Crippen molar-refractivity contribution >= 4 is 40.2 Å². The van der Waals surface area contributed by atoms with Crippen molar-refractivity contribution in [1.29, 1.82) is 0 Å². The van der Waals surface area contributed by atoms with E-state index in [1.54, 1.807) is 29.9 Å². The molecular formula is C22H28ClN3O3S. The molecule has 0 saturated carbocycles. The smallest absolute Gasteiger partial charge is 0.262 e. The predicted octanol–water partition coefficient (Wildman–Crippen LogP) is 4.19. The van der Waals surface area contributed by atoms with Crippen LogP contribution < -0.4 is 10.9 Å². The number of rotatable bonds is 10. The van der Waals surface area contributed by atoms with E-state index in [2.05, 4.69) is 16.4 Å². The van der Waals surface area contributed by atoms with Gasteiger partial charge in [0.25, 0.3) is 5.56 Å². The lowest BCUT2D eigenvalue weighted by Crippen LogP contribution is -2.28. The fourth-order valence-corrected chi connectivity index (χ4v) is 4.55. The normalized spacial score (nSPS) is 14.0. The Kier molecular flexibility index (Phi) is 8.78. The Morgan fingerprint density at radius 1 is 1.37 bits per heavy atom. The molecular weight excluding hydrogens is 422 g/mol. The molecule has 0 unspecified atom stereocenters. The highest BCUT2D eigenvalue weighted by atomic mass is 35.5. The number of fused-ring (bicyclic) bond motifs is 1. The quantitative estimate of drug-likeness (QED) is 0.255. The average molecular weight is 450 g/mol. The number of amides is 1. The van der Waals surface area contributed by atoms with E-state index in [-0.39, 0.29) is 17.2 Å². The number of hydrogen-bond acceptors (Lipinski definition) is 5. The molecule has 8 heteroatoms. The van der Waals surface area contributed by atoms with Crippen LogP contribution in [0.25, 0.3) is 10.9 Å². The van der Waals surface area contributed by atoms with Crippen molar-refractivity contribution < 1.29 is 9.53 Å². The van der Waals surface area contributed by atoms with Gasteiger partial charge in [-0.1, -0.05) is 35.0 Å². The van der Waals surface area contributed by atoms with Gasteiger partial charge in [0, 0.05) is 31.8 Å². The number of carbonyl (C=O) groups excluding carboxylic acids is 1. The Balaban J connectivity index is 1.66. The molecule has 0 aliphatic heterocycles. The summed E-state index contributed by atoms with van der Waals surface area (Å²) in [5.74, 6) is 0.155. The van der Waals surface area contributed by atoms with Gasteiger partial charge in [0.1, 0.15) is 0 Å². The fourth-order valence-electron chi connectivity index (χ4n) is 3.52. The van der Waals surface area contributed by atoms with Gasteiger partial charge in [0.2, 0.25) is 5.91 Å². The van der Waals surface area contributed by atoms with Crippen LogP contribution in [0.1, 0.15) is 38.5 Å². The fraction of sp³-hybridized carbons (Fsp3) is 0.500. The minimum Gasteiger partial charge on any atom is -0.385 e. The third-order valence-electron chi connectivity index (χ3n) is 5.10. The Labute approximate surface area is 186 Å². The van der Waals surface area contributed by atoms with E-state index in [1.165, 1.54) is 30.2 Å². The van der Waals surface area contributed by atoms with E-state index in [0.717, 1.165) is 19.3 Å². The maximum absolute atomic E-state index is 13.0. The van der Waals surface area contributed by atoms with Crippen molar-refractivity contribution in [3.8, 4) is 0 Å². The molecule has 1 heterocycles. The van der Waals surface area contributed by atoms with Gasteiger partial charge in [-0.2, -0.15) is 0 Å². The summed E-state index contributed by atoms with van der Waals surface area (Å²) in [6, 6.07) is 5.06. The largest absolute Gasteiger partial charge is 0.385 e. The summed E-state index contributed by atoms with van der Waals surface area (Å²) in [4.78, 5) is 29.9. The van der Waals surface area contributed by atoms with Crippen molar-refractivity contribution in [2.75, 3.05) is 26.0 Å². The van der Waals surface area contributed by atoms with Crippen LogP contribution in [0.3, 0.4) is 0 Å². The van der Waals surface area contributed by atoms with Gasteiger partial charge in [0.15, 0.2) is 5.16 Å². The number of nitrogens with zero attached hydrogens (tertiary/aromatic N) is 2. The summed E-state index contributed by atoms with van der Waals surface area (Å²) in [6.07, 6.45) is 8.69. The first kappa shape index (κ1) is 22.8. The lowest BCUT2D eigenvalue weighted by molar-refractivity contribution is -0.118. The lowest BCUT2D eigenvalue weighted by Gasteiger charge is -2.14. The molecule has 0 fully saturated rings. The molecule has 1 aromatic carbocycles. The Hall–Kier alpha value is -1.83. The maximum atomic E-state index is 13.0. The minimum atomic E-state index is -0.125. The van der Waals surface area contributed by atoms with Crippen LogP contribution >= 0.6 is 23.4 Å². The van der Waals surface area contributed by atoms with Crippen molar-refractivity contribution in [3.05, 3.63) is 45.2 Å². The van der Waals surface area contributed by atoms with E-state index >= 15 is 0 Å². The number of allylic oxidation sites excluding steroid dienone is 1. The zero-order valence-corrected chi connectivity index (χ0v) is 18.9. The van der Waals surface area contributed by atoms with Gasteiger partial charge in [-0.3, -0.25) is 14.2 Å². The number of hydrogen-bond donors (Lipinski definition) is 1. The topological polar surface area (TPSA) is 73.2 Å². The van der Waals surface area contributed by atoms with Gasteiger partial charge in [0.05, 0.1) is 16.7 Å². The summed E-state index contributed by atoms with van der Waals surface area (Å²) in [5.41, 5.74) is 1.86. The van der Waals surface area contributed by atoms with Crippen LogP contribution in [0.2, 0.25) is 5.02 Å². The van der Waals surface area contributed by atoms with Gasteiger partial charge >= 0.3 is 0 Å². The second-order valence-electron chi connectivity index (χ2n) is 7.36. The zero-order chi connectivity index (χ0) is 21.3. The third-order valence-corrected chi connectivity index (χ3v) is 6.31. The van der Waals surface area contributed by atoms with Gasteiger partial charge in [-0.05, 0) is 56.7 Å². The standard InChI is InChI=1S/C22H28ClN3O3S/c1-29-13-5-12-26-21(28)18-9-8-17(23)14-19(18)25-22(26)30-15-20(27)24-11-10-16-6-3-2-4-7-16/h6,8-9,14H,2-5,7,10-13,15H2,1H3,(H,24,27). The van der Waals surface area contributed by atoms with Crippen LogP contribution in [-0.2, 0) is 16.1 Å². The summed E-state index contributed by atoms with van der Waals surface area (Å²) in [5, 5.41) is 4.55. The molecule has 1 aliphatic carbocycles. The number of thioether (sulfide) groups is 1. The molecule has 0 spiro atoms. The molecule has 1 N–H and O–H groups in total. The molecule has 1 aliphatic rings. The number of methoxy groups -OCH3 is 1. The number of ether oxygens (including phenoxy) is 1. The van der Waals surface area contributed by atoms with Gasteiger partial charge < -0.3 is 10.1 Å². The van der Waals surface area contributed by atoms with E-state index in [9.17, 15) is 9.59 Å². The first-order valence-electron chi connectivity index (χ1n) is 10.3. The Morgan fingerprint density at radius 2 is 2.23 bits per heavy atom. The first-order valence-corrected chi connectivity index (χ1v) is 11.7. The predicted molar refractivity (Wildman–Crippen MR) is 122 cm³/mol. The monoisotopic (exact) mass is 449 g/mol. The highest BCUT2D eigenvalue weighted by Crippen LogP contribution is 2.21. The van der Waals surface area contributed by atoms with E-state index in [1.807, 2.05) is 0 Å². The van der Waals surface area contributed by atoms with Crippen molar-refractivity contribution in [2.24, 2.45) is 0 Å². The van der Waals surface area contributed by atoms with Gasteiger partial charge in [-0.25, -0.2) is 4.98 Å². The molecule has 3 rings (SSSR count). The van der Waals surface area contributed by atoms with Crippen LogP contribution in [0.4, 0.5) is 0 Å². The summed E-state index contributed by atoms with van der Waals surface area (Å²) in [7, 11) is 1.63. The molecule has 162 valence electrons. The molecule has 0 bridgehead atoms. The highest BCUT2D eigenvalue weighted by molar-refractivity contribution is 7.99. The van der Waals surface area contributed by atoms with Gasteiger partial charge in [-0.15, -0.1) is 0 Å². The van der Waals surface area contributed by atoms with Crippen molar-refractivity contribution in [1.82, 2.24) is 14.9 Å². The van der Waals surface area contributed by atoms with E-state index < -0.39 is 0 Å². The van der Waals surface area contributed by atoms with Crippen LogP contribution in [0.15, 0.2) is 39.8 Å². The first-order chi connectivity index (χ1) is 14.6. The summed E-state index contributed by atoms with van der Waals surface area (Å²) < 4.78 is 6.74. The number of aromatic nitrogens is 2. The number of carbonyl (C=O) groups is 1. The molecule has 0 saturated heterocycles. The Bertz CT molecular complexity index is 974. The second-order valence-corrected chi connectivity index (χ2v) is 8.73. The maximum Gasteiger partial charge on any atom is 0.262 e. The van der Waals surface area contributed by atoms with Crippen molar-refractivity contribution in [3.63, 3.8) is 0 Å². The molecule has 1 aromatic heterocycles. The van der Waals surface area contributed by atoms with Crippen LogP contribution in [-0.4, -0.2) is 41.5 Å². The number of benzene rings is 1. The molecule has 0 atom stereocenters. The highest BCUT2D eigenvalue weighted by Gasteiger charge is 2.14. The number of halogens is 1. The molecule has 0 radical (unpaired) electrons.